The Labute approximate surface area is 203 Å². The number of amides is 1. The molecule has 0 saturated heterocycles. The Balaban J connectivity index is 1.75. The van der Waals surface area contributed by atoms with E-state index < -0.39 is 10.0 Å². The normalized spacial score (nSPS) is 11.4. The zero-order chi connectivity index (χ0) is 23.0. The lowest BCUT2D eigenvalue weighted by atomic mass is 10.2. The van der Waals surface area contributed by atoms with Crippen LogP contribution in [0.15, 0.2) is 36.4 Å². The van der Waals surface area contributed by atoms with Crippen LogP contribution in [-0.4, -0.2) is 39.4 Å². The molecule has 0 atom stereocenters. The lowest BCUT2D eigenvalue weighted by Gasteiger charge is -2.24. The number of hydrogen-bond acceptors (Lipinski definition) is 4. The molecule has 170 valence electrons. The highest BCUT2D eigenvalue weighted by molar-refractivity contribution is 7.98. The molecular formula is C21H25Cl3N2O3S2. The Hall–Kier alpha value is -1.12. The average molecular weight is 524 g/mol. The summed E-state index contributed by atoms with van der Waals surface area (Å²) in [5, 5.41) is 4.60. The molecule has 0 radical (unpaired) electrons. The SMILES string of the molecule is Cc1c(Cl)cccc1N(CCCC(=O)NCCSCc1ccc(Cl)cc1Cl)S(C)(=O)=O. The summed E-state index contributed by atoms with van der Waals surface area (Å²) in [4.78, 5) is 12.1. The highest BCUT2D eigenvalue weighted by atomic mass is 35.5. The highest BCUT2D eigenvalue weighted by Crippen LogP contribution is 2.28. The second-order valence-corrected chi connectivity index (χ2v) is 11.2. The number of benzene rings is 2. The molecular weight excluding hydrogens is 499 g/mol. The van der Waals surface area contributed by atoms with Gasteiger partial charge in [0.1, 0.15) is 0 Å². The van der Waals surface area contributed by atoms with E-state index in [-0.39, 0.29) is 18.9 Å². The van der Waals surface area contributed by atoms with E-state index in [1.54, 1.807) is 49.0 Å². The fourth-order valence-corrected chi connectivity index (χ4v) is 5.49. The molecule has 1 N–H and O–H groups in total. The number of sulfonamides is 1. The third-order valence-electron chi connectivity index (χ3n) is 4.51. The summed E-state index contributed by atoms with van der Waals surface area (Å²) >= 11 is 19.8. The maximum Gasteiger partial charge on any atom is 0.232 e. The molecule has 0 aliphatic carbocycles. The van der Waals surface area contributed by atoms with E-state index in [0.29, 0.717) is 39.3 Å². The van der Waals surface area contributed by atoms with Crippen LogP contribution in [0.2, 0.25) is 15.1 Å². The maximum atomic E-state index is 12.2. The van der Waals surface area contributed by atoms with Crippen LogP contribution in [0.1, 0.15) is 24.0 Å². The van der Waals surface area contributed by atoms with Crippen molar-refractivity contribution in [2.24, 2.45) is 0 Å². The van der Waals surface area contributed by atoms with Gasteiger partial charge in [-0.1, -0.05) is 46.9 Å². The van der Waals surface area contributed by atoms with Crippen molar-refractivity contribution in [3.8, 4) is 0 Å². The summed E-state index contributed by atoms with van der Waals surface area (Å²) in [5.74, 6) is 1.36. The molecule has 0 aliphatic heterocycles. The fraction of sp³-hybridized carbons (Fsp3) is 0.381. The Morgan fingerprint density at radius 3 is 2.55 bits per heavy atom. The summed E-state index contributed by atoms with van der Waals surface area (Å²) < 4.78 is 25.8. The van der Waals surface area contributed by atoms with Crippen molar-refractivity contribution in [2.75, 3.05) is 29.4 Å². The van der Waals surface area contributed by atoms with Gasteiger partial charge in [-0.05, 0) is 48.7 Å². The molecule has 0 saturated carbocycles. The van der Waals surface area contributed by atoms with Crippen LogP contribution >= 0.6 is 46.6 Å². The molecule has 1 amide bonds. The number of rotatable bonds is 11. The number of halogens is 3. The van der Waals surface area contributed by atoms with E-state index in [9.17, 15) is 13.2 Å². The van der Waals surface area contributed by atoms with Crippen molar-refractivity contribution in [1.82, 2.24) is 5.32 Å². The lowest BCUT2D eigenvalue weighted by molar-refractivity contribution is -0.121. The molecule has 0 aliphatic rings. The van der Waals surface area contributed by atoms with Crippen molar-refractivity contribution in [3.63, 3.8) is 0 Å². The Morgan fingerprint density at radius 2 is 1.87 bits per heavy atom. The number of nitrogens with one attached hydrogen (secondary N) is 1. The van der Waals surface area contributed by atoms with Crippen LogP contribution in [0.25, 0.3) is 0 Å². The number of hydrogen-bond donors (Lipinski definition) is 1. The first-order valence-electron chi connectivity index (χ1n) is 9.61. The van der Waals surface area contributed by atoms with Gasteiger partial charge >= 0.3 is 0 Å². The quantitative estimate of drug-likeness (QED) is 0.392. The van der Waals surface area contributed by atoms with Gasteiger partial charge in [-0.2, -0.15) is 11.8 Å². The predicted molar refractivity (Wildman–Crippen MR) is 133 cm³/mol. The van der Waals surface area contributed by atoms with Crippen LogP contribution in [0.4, 0.5) is 5.69 Å². The first-order chi connectivity index (χ1) is 14.6. The lowest BCUT2D eigenvalue weighted by Crippen LogP contribution is -2.33. The molecule has 31 heavy (non-hydrogen) atoms. The second-order valence-electron chi connectivity index (χ2n) is 6.96. The van der Waals surface area contributed by atoms with Crippen molar-refractivity contribution in [2.45, 2.75) is 25.5 Å². The van der Waals surface area contributed by atoms with Crippen molar-refractivity contribution in [1.29, 1.82) is 0 Å². The summed E-state index contributed by atoms with van der Waals surface area (Å²) in [6.07, 6.45) is 1.79. The van der Waals surface area contributed by atoms with Crippen LogP contribution in [0.3, 0.4) is 0 Å². The number of nitrogens with zero attached hydrogens (tertiary/aromatic N) is 1. The minimum Gasteiger partial charge on any atom is -0.355 e. The van der Waals surface area contributed by atoms with E-state index in [0.717, 1.165) is 23.3 Å². The zero-order valence-electron chi connectivity index (χ0n) is 17.3. The van der Waals surface area contributed by atoms with Crippen LogP contribution in [0.5, 0.6) is 0 Å². The molecule has 0 spiro atoms. The molecule has 0 heterocycles. The first-order valence-corrected chi connectivity index (χ1v) is 13.7. The first kappa shape index (κ1) is 26.1. The average Bonchev–Trinajstić information content (AvgIpc) is 2.68. The van der Waals surface area contributed by atoms with Crippen molar-refractivity contribution in [3.05, 3.63) is 62.6 Å². The molecule has 0 bridgehead atoms. The van der Waals surface area contributed by atoms with Gasteiger partial charge in [0.15, 0.2) is 0 Å². The highest BCUT2D eigenvalue weighted by Gasteiger charge is 2.20. The standard InChI is InChI=1S/C21H25Cl3N2O3S2/c1-15-18(23)5-3-6-20(15)26(31(2,28)29)11-4-7-21(27)25-10-12-30-14-16-8-9-17(22)13-19(16)24/h3,5-6,8-9,13H,4,7,10-12,14H2,1-2H3,(H,25,27). The molecule has 10 heteroatoms. The van der Waals surface area contributed by atoms with Gasteiger partial charge < -0.3 is 5.32 Å². The van der Waals surface area contributed by atoms with E-state index in [4.69, 9.17) is 34.8 Å². The minimum absolute atomic E-state index is 0.110. The van der Waals surface area contributed by atoms with Crippen LogP contribution in [0, 0.1) is 6.92 Å². The van der Waals surface area contributed by atoms with Gasteiger partial charge in [0.2, 0.25) is 15.9 Å². The summed E-state index contributed by atoms with van der Waals surface area (Å²) in [6.45, 7) is 2.51. The maximum absolute atomic E-state index is 12.2. The third-order valence-corrected chi connectivity index (χ3v) is 7.70. The summed E-state index contributed by atoms with van der Waals surface area (Å²) in [6, 6.07) is 10.6. The van der Waals surface area contributed by atoms with E-state index in [2.05, 4.69) is 5.32 Å². The molecule has 2 aromatic carbocycles. The van der Waals surface area contributed by atoms with Gasteiger partial charge in [0, 0.05) is 46.1 Å². The predicted octanol–water partition coefficient (Wildman–Crippen LogP) is 5.55. The molecule has 0 fully saturated rings. The zero-order valence-corrected chi connectivity index (χ0v) is 21.2. The van der Waals surface area contributed by atoms with Gasteiger partial charge in [-0.25, -0.2) is 8.42 Å². The van der Waals surface area contributed by atoms with Crippen LogP contribution in [-0.2, 0) is 20.6 Å². The third kappa shape index (κ3) is 8.39. The Morgan fingerprint density at radius 1 is 1.13 bits per heavy atom. The summed E-state index contributed by atoms with van der Waals surface area (Å²) in [5.41, 5.74) is 2.23. The number of anilines is 1. The van der Waals surface area contributed by atoms with Gasteiger partial charge in [0.05, 0.1) is 11.9 Å². The van der Waals surface area contributed by atoms with Gasteiger partial charge in [-0.3, -0.25) is 9.10 Å². The van der Waals surface area contributed by atoms with E-state index in [1.807, 2.05) is 6.07 Å². The topological polar surface area (TPSA) is 66.5 Å². The molecule has 2 rings (SSSR count). The summed E-state index contributed by atoms with van der Waals surface area (Å²) in [7, 11) is -3.49. The molecule has 0 unspecified atom stereocenters. The Bertz CT molecular complexity index is 1020. The number of carbonyl (C=O) groups excluding carboxylic acids is 1. The minimum atomic E-state index is -3.49. The second kappa shape index (κ2) is 12.2. The molecule has 5 nitrogen and oxygen atoms in total. The Kier molecular flexibility index (Phi) is 10.3. The van der Waals surface area contributed by atoms with Crippen molar-refractivity contribution < 1.29 is 13.2 Å². The number of thioether (sulfide) groups is 1. The van der Waals surface area contributed by atoms with Crippen molar-refractivity contribution >= 4 is 68.2 Å². The van der Waals surface area contributed by atoms with Gasteiger partial charge in [0.25, 0.3) is 0 Å². The fourth-order valence-electron chi connectivity index (χ4n) is 2.89. The van der Waals surface area contributed by atoms with E-state index >= 15 is 0 Å². The monoisotopic (exact) mass is 522 g/mol. The smallest absolute Gasteiger partial charge is 0.232 e. The van der Waals surface area contributed by atoms with E-state index in [1.165, 1.54) is 4.31 Å². The number of carbonyl (C=O) groups is 1. The van der Waals surface area contributed by atoms with Gasteiger partial charge in [-0.15, -0.1) is 0 Å². The van der Waals surface area contributed by atoms with Crippen LogP contribution < -0.4 is 9.62 Å². The molecule has 2 aromatic rings. The molecule has 0 aromatic heterocycles. The largest absolute Gasteiger partial charge is 0.355 e.